The third-order valence-electron chi connectivity index (χ3n) is 3.62. The number of hydrogen-bond donors (Lipinski definition) is 2. The van der Waals surface area contributed by atoms with Crippen molar-refractivity contribution in [2.75, 3.05) is 25.6 Å². The molecule has 2 N–H and O–H groups in total. The number of aliphatic hydroxyl groups excluding tert-OH is 1. The monoisotopic (exact) mass is 345 g/mol. The van der Waals surface area contributed by atoms with Crippen LogP contribution >= 0.6 is 0 Å². The van der Waals surface area contributed by atoms with E-state index in [1.807, 2.05) is 0 Å². The molecule has 1 aliphatic rings. The van der Waals surface area contributed by atoms with Crippen LogP contribution in [0.4, 0.5) is 5.82 Å². The average Bonchev–Trinajstić information content (AvgIpc) is 2.99. The second-order valence-corrected chi connectivity index (χ2v) is 5.37. The number of nitrogens with zero attached hydrogens (tertiary/aromatic N) is 2. The van der Waals surface area contributed by atoms with Gasteiger partial charge in [0, 0.05) is 19.2 Å². The number of fused-ring (bicyclic) bond motifs is 1. The number of carbonyl (C=O) groups excluding carboxylic acids is 1. The number of aliphatic hydroxyl groups is 1. The van der Waals surface area contributed by atoms with Gasteiger partial charge >= 0.3 is 0 Å². The summed E-state index contributed by atoms with van der Waals surface area (Å²) >= 11 is 0. The molecule has 0 saturated carbocycles. The molecule has 8 heteroatoms. The van der Waals surface area contributed by atoms with Crippen LogP contribution in [-0.4, -0.2) is 41.1 Å². The number of aromatic nitrogens is 2. The van der Waals surface area contributed by atoms with Crippen LogP contribution in [0.3, 0.4) is 0 Å². The molecule has 1 aliphatic heterocycles. The number of rotatable bonds is 5. The fraction of sp³-hybridized carbons (Fsp3) is 0.294. The first kappa shape index (κ1) is 16.8. The maximum absolute atomic E-state index is 12.1. The predicted molar refractivity (Wildman–Crippen MR) is 90.8 cm³/mol. The van der Waals surface area contributed by atoms with E-state index in [1.54, 1.807) is 38.4 Å². The van der Waals surface area contributed by atoms with Crippen LogP contribution in [0.1, 0.15) is 11.3 Å². The summed E-state index contributed by atoms with van der Waals surface area (Å²) in [5, 5.41) is 15.8. The van der Waals surface area contributed by atoms with Crippen molar-refractivity contribution in [3.8, 4) is 17.2 Å². The van der Waals surface area contributed by atoms with E-state index >= 15 is 0 Å². The molecular weight excluding hydrogens is 326 g/mol. The Bertz CT molecular complexity index is 796. The Balaban J connectivity index is 1.74. The summed E-state index contributed by atoms with van der Waals surface area (Å²) in [5.74, 6) is 1.89. The number of anilines is 1. The van der Waals surface area contributed by atoms with Gasteiger partial charge in [-0.05, 0) is 23.8 Å². The van der Waals surface area contributed by atoms with Gasteiger partial charge in [0.15, 0.2) is 11.5 Å². The average molecular weight is 345 g/mol. The highest BCUT2D eigenvalue weighted by Crippen LogP contribution is 2.40. The molecule has 0 spiro atoms. The van der Waals surface area contributed by atoms with Crippen molar-refractivity contribution in [2.45, 2.75) is 6.61 Å². The Labute approximate surface area is 144 Å². The van der Waals surface area contributed by atoms with E-state index in [4.69, 9.17) is 19.3 Å². The Morgan fingerprint density at radius 2 is 2.20 bits per heavy atom. The summed E-state index contributed by atoms with van der Waals surface area (Å²) in [6.45, 7) is 0.759. The molecular formula is C17H19N3O5. The molecule has 0 fully saturated rings. The molecule has 0 bridgehead atoms. The first-order valence-electron chi connectivity index (χ1n) is 7.71. The lowest BCUT2D eigenvalue weighted by atomic mass is 10.1. The number of amides is 1. The Morgan fingerprint density at radius 1 is 1.40 bits per heavy atom. The highest BCUT2D eigenvalue weighted by Gasteiger charge is 2.17. The van der Waals surface area contributed by atoms with Gasteiger partial charge in [-0.25, -0.2) is 0 Å². The maximum atomic E-state index is 12.1. The first-order chi connectivity index (χ1) is 12.1. The van der Waals surface area contributed by atoms with Gasteiger partial charge in [0.2, 0.25) is 11.7 Å². The van der Waals surface area contributed by atoms with E-state index in [-0.39, 0.29) is 12.5 Å². The second-order valence-electron chi connectivity index (χ2n) is 5.37. The maximum Gasteiger partial charge on any atom is 0.249 e. The quantitative estimate of drug-likeness (QED) is 0.794. The minimum atomic E-state index is -0.318. The lowest BCUT2D eigenvalue weighted by molar-refractivity contribution is -0.111. The van der Waals surface area contributed by atoms with Crippen molar-refractivity contribution < 1.29 is 24.1 Å². The summed E-state index contributed by atoms with van der Waals surface area (Å²) in [6.07, 6.45) is 3.05. The van der Waals surface area contributed by atoms with Crippen molar-refractivity contribution >= 4 is 17.8 Å². The van der Waals surface area contributed by atoms with Crippen LogP contribution in [-0.2, 0) is 18.4 Å². The number of benzene rings is 1. The molecule has 0 atom stereocenters. The zero-order chi connectivity index (χ0) is 17.8. The molecule has 25 heavy (non-hydrogen) atoms. The standard InChI is InChI=1S/C17H19N3O5/c1-20-15(9-12(10-21)19-20)18-16(22)4-3-11-7-13(23-2)17-14(8-11)24-5-6-25-17/h3-4,7-9,21H,5-6,10H2,1-2H3,(H,18,22)/b4-3+. The fourth-order valence-electron chi connectivity index (χ4n) is 2.45. The zero-order valence-electron chi connectivity index (χ0n) is 14.0. The normalized spacial score (nSPS) is 13.1. The molecule has 2 aromatic rings. The van der Waals surface area contributed by atoms with Gasteiger partial charge in [0.25, 0.3) is 0 Å². The molecule has 0 aliphatic carbocycles. The predicted octanol–water partition coefficient (Wildman–Crippen LogP) is 1.34. The smallest absolute Gasteiger partial charge is 0.249 e. The van der Waals surface area contributed by atoms with Crippen molar-refractivity contribution in [1.82, 2.24) is 9.78 Å². The number of ether oxygens (including phenoxy) is 3. The lowest BCUT2D eigenvalue weighted by Crippen LogP contribution is -2.16. The summed E-state index contributed by atoms with van der Waals surface area (Å²) in [6, 6.07) is 5.17. The molecule has 2 heterocycles. The van der Waals surface area contributed by atoms with Crippen LogP contribution in [0, 0.1) is 0 Å². The van der Waals surface area contributed by atoms with Gasteiger partial charge in [-0.1, -0.05) is 0 Å². The van der Waals surface area contributed by atoms with Crippen LogP contribution in [0.2, 0.25) is 0 Å². The number of hydrogen-bond acceptors (Lipinski definition) is 6. The van der Waals surface area contributed by atoms with Crippen molar-refractivity contribution in [3.05, 3.63) is 35.5 Å². The van der Waals surface area contributed by atoms with E-state index in [0.717, 1.165) is 5.56 Å². The molecule has 0 radical (unpaired) electrons. The summed E-state index contributed by atoms with van der Waals surface area (Å²) in [4.78, 5) is 12.1. The molecule has 132 valence electrons. The van der Waals surface area contributed by atoms with Gasteiger partial charge in [-0.2, -0.15) is 5.10 Å². The van der Waals surface area contributed by atoms with Crippen LogP contribution < -0.4 is 19.5 Å². The van der Waals surface area contributed by atoms with Gasteiger partial charge < -0.3 is 24.6 Å². The second kappa shape index (κ2) is 7.27. The highest BCUT2D eigenvalue weighted by molar-refractivity contribution is 6.01. The number of carbonyl (C=O) groups is 1. The summed E-state index contributed by atoms with van der Waals surface area (Å²) < 4.78 is 17.9. The van der Waals surface area contributed by atoms with E-state index in [9.17, 15) is 4.79 Å². The molecule has 1 amide bonds. The number of nitrogens with one attached hydrogen (secondary N) is 1. The lowest BCUT2D eigenvalue weighted by Gasteiger charge is -2.20. The van der Waals surface area contributed by atoms with Crippen LogP contribution in [0.5, 0.6) is 17.2 Å². The Kier molecular flexibility index (Phi) is 4.90. The minimum Gasteiger partial charge on any atom is -0.493 e. The van der Waals surface area contributed by atoms with Gasteiger partial charge in [-0.15, -0.1) is 0 Å². The van der Waals surface area contributed by atoms with Crippen molar-refractivity contribution in [2.24, 2.45) is 7.05 Å². The molecule has 0 unspecified atom stereocenters. The zero-order valence-corrected chi connectivity index (χ0v) is 14.0. The minimum absolute atomic E-state index is 0.184. The van der Waals surface area contributed by atoms with Crippen LogP contribution in [0.15, 0.2) is 24.3 Å². The largest absolute Gasteiger partial charge is 0.493 e. The van der Waals surface area contributed by atoms with Crippen LogP contribution in [0.25, 0.3) is 6.08 Å². The number of aryl methyl sites for hydroxylation is 1. The third-order valence-corrected chi connectivity index (χ3v) is 3.62. The summed E-state index contributed by atoms with van der Waals surface area (Å²) in [5.41, 5.74) is 1.23. The molecule has 0 saturated heterocycles. The number of methoxy groups -OCH3 is 1. The topological polar surface area (TPSA) is 94.8 Å². The van der Waals surface area contributed by atoms with E-state index in [2.05, 4.69) is 10.4 Å². The Hall–Kier alpha value is -3.00. The molecule has 8 nitrogen and oxygen atoms in total. The Morgan fingerprint density at radius 3 is 2.92 bits per heavy atom. The fourth-order valence-corrected chi connectivity index (χ4v) is 2.45. The third kappa shape index (κ3) is 3.74. The molecule has 1 aromatic carbocycles. The van der Waals surface area contributed by atoms with Crippen molar-refractivity contribution in [3.63, 3.8) is 0 Å². The van der Waals surface area contributed by atoms with Gasteiger partial charge in [-0.3, -0.25) is 9.48 Å². The van der Waals surface area contributed by atoms with Gasteiger partial charge in [0.05, 0.1) is 19.4 Å². The first-order valence-corrected chi connectivity index (χ1v) is 7.71. The molecule has 1 aromatic heterocycles. The van der Waals surface area contributed by atoms with E-state index in [0.29, 0.717) is 42.0 Å². The van der Waals surface area contributed by atoms with Gasteiger partial charge in [0.1, 0.15) is 19.0 Å². The van der Waals surface area contributed by atoms with Crippen molar-refractivity contribution in [1.29, 1.82) is 0 Å². The highest BCUT2D eigenvalue weighted by atomic mass is 16.6. The summed E-state index contributed by atoms with van der Waals surface area (Å²) in [7, 11) is 3.24. The SMILES string of the molecule is COc1cc(/C=C/C(=O)Nc2cc(CO)nn2C)cc2c1OCCO2. The molecule has 3 rings (SSSR count). The van der Waals surface area contributed by atoms with E-state index in [1.165, 1.54) is 10.8 Å². The van der Waals surface area contributed by atoms with E-state index < -0.39 is 0 Å².